The molecule has 3 rings (SSSR count). The van der Waals surface area contributed by atoms with E-state index >= 15 is 0 Å². The first-order valence-electron chi connectivity index (χ1n) is 10.9. The first-order chi connectivity index (χ1) is 15.4. The normalized spacial score (nSPS) is 15.2. The standard InChI is InChI=1S/C25H32N2O4S/c1-5-12-26(24(28)15-18(2)3)16-25(29)27-13-10-23-19(11-14-32-23)20(27)17-31-22-9-7-6-8-21(22)30-4/h5-9,11,14,18,20H,1,10,12-13,15-17H2,2-4H3. The minimum Gasteiger partial charge on any atom is -0.493 e. The van der Waals surface area contributed by atoms with E-state index in [1.54, 1.807) is 29.4 Å². The van der Waals surface area contributed by atoms with Crippen molar-refractivity contribution in [1.29, 1.82) is 0 Å². The zero-order chi connectivity index (χ0) is 23.1. The number of carbonyl (C=O) groups is 2. The van der Waals surface area contributed by atoms with Crippen molar-refractivity contribution in [3.8, 4) is 11.5 Å². The van der Waals surface area contributed by atoms with Gasteiger partial charge in [-0.25, -0.2) is 0 Å². The predicted molar refractivity (Wildman–Crippen MR) is 127 cm³/mol. The van der Waals surface area contributed by atoms with Crippen LogP contribution >= 0.6 is 11.3 Å². The Balaban J connectivity index is 1.77. The maximum absolute atomic E-state index is 13.4. The second-order valence-corrected chi connectivity index (χ2v) is 9.28. The molecular formula is C25H32N2O4S. The van der Waals surface area contributed by atoms with Crippen LogP contribution in [0.15, 0.2) is 48.4 Å². The molecule has 0 saturated carbocycles. The van der Waals surface area contributed by atoms with Crippen LogP contribution in [0.1, 0.15) is 36.8 Å². The molecule has 0 radical (unpaired) electrons. The highest BCUT2D eigenvalue weighted by Gasteiger charge is 2.33. The molecule has 0 N–H and O–H groups in total. The highest BCUT2D eigenvalue weighted by Crippen LogP contribution is 2.35. The van der Waals surface area contributed by atoms with Crippen molar-refractivity contribution in [2.75, 3.05) is 33.4 Å². The average Bonchev–Trinajstić information content (AvgIpc) is 3.26. The van der Waals surface area contributed by atoms with E-state index < -0.39 is 0 Å². The number of methoxy groups -OCH3 is 1. The molecule has 172 valence electrons. The van der Waals surface area contributed by atoms with Gasteiger partial charge in [0.2, 0.25) is 11.8 Å². The zero-order valence-corrected chi connectivity index (χ0v) is 19.9. The van der Waals surface area contributed by atoms with Gasteiger partial charge in [-0.05, 0) is 41.5 Å². The third kappa shape index (κ3) is 5.71. The third-order valence-electron chi connectivity index (χ3n) is 5.49. The zero-order valence-electron chi connectivity index (χ0n) is 19.1. The Morgan fingerprint density at radius 2 is 2.03 bits per heavy atom. The lowest BCUT2D eigenvalue weighted by atomic mass is 10.00. The monoisotopic (exact) mass is 456 g/mol. The number of hydrogen-bond donors (Lipinski definition) is 0. The van der Waals surface area contributed by atoms with Gasteiger partial charge in [0.25, 0.3) is 0 Å². The summed E-state index contributed by atoms with van der Waals surface area (Å²) < 4.78 is 11.5. The Labute approximate surface area is 194 Å². The summed E-state index contributed by atoms with van der Waals surface area (Å²) in [6.45, 7) is 9.07. The number of hydrogen-bond acceptors (Lipinski definition) is 5. The Hall–Kier alpha value is -2.80. The molecule has 1 aromatic carbocycles. The summed E-state index contributed by atoms with van der Waals surface area (Å²) in [7, 11) is 1.61. The molecule has 6 nitrogen and oxygen atoms in total. The van der Waals surface area contributed by atoms with Crippen LogP contribution in [-0.4, -0.2) is 55.0 Å². The summed E-state index contributed by atoms with van der Waals surface area (Å²) in [5.74, 6) is 1.43. The fraction of sp³-hybridized carbons (Fsp3) is 0.440. The molecule has 0 aliphatic carbocycles. The van der Waals surface area contributed by atoms with Crippen LogP contribution in [0.3, 0.4) is 0 Å². The number of fused-ring (bicyclic) bond motifs is 1. The van der Waals surface area contributed by atoms with Crippen LogP contribution in [0.5, 0.6) is 11.5 Å². The van der Waals surface area contributed by atoms with Crippen molar-refractivity contribution in [2.45, 2.75) is 32.7 Å². The van der Waals surface area contributed by atoms with Gasteiger partial charge in [0.05, 0.1) is 13.2 Å². The van der Waals surface area contributed by atoms with Gasteiger partial charge >= 0.3 is 0 Å². The van der Waals surface area contributed by atoms with Gasteiger partial charge in [-0.3, -0.25) is 9.59 Å². The third-order valence-corrected chi connectivity index (χ3v) is 6.49. The van der Waals surface area contributed by atoms with E-state index in [0.717, 1.165) is 12.0 Å². The van der Waals surface area contributed by atoms with Crippen molar-refractivity contribution < 1.29 is 19.1 Å². The molecule has 1 aliphatic heterocycles. The van der Waals surface area contributed by atoms with Crippen LogP contribution in [0.25, 0.3) is 0 Å². The molecule has 1 aromatic heterocycles. The molecule has 2 heterocycles. The number of nitrogens with zero attached hydrogens (tertiary/aromatic N) is 2. The summed E-state index contributed by atoms with van der Waals surface area (Å²) in [4.78, 5) is 30.7. The molecule has 32 heavy (non-hydrogen) atoms. The fourth-order valence-corrected chi connectivity index (χ4v) is 4.85. The lowest BCUT2D eigenvalue weighted by molar-refractivity contribution is -0.142. The van der Waals surface area contributed by atoms with Gasteiger partial charge in [0.1, 0.15) is 13.2 Å². The lowest BCUT2D eigenvalue weighted by Crippen LogP contribution is -2.48. The number of rotatable bonds is 10. The molecule has 0 fully saturated rings. The van der Waals surface area contributed by atoms with E-state index in [1.165, 1.54) is 4.88 Å². The minimum atomic E-state index is -0.215. The van der Waals surface area contributed by atoms with E-state index in [4.69, 9.17) is 9.47 Å². The van der Waals surface area contributed by atoms with Crippen LogP contribution in [0.4, 0.5) is 0 Å². The van der Waals surface area contributed by atoms with E-state index in [2.05, 4.69) is 18.0 Å². The van der Waals surface area contributed by atoms with Gasteiger partial charge in [-0.1, -0.05) is 32.1 Å². The number of amides is 2. The van der Waals surface area contributed by atoms with Crippen molar-refractivity contribution in [1.82, 2.24) is 9.80 Å². The van der Waals surface area contributed by atoms with Crippen LogP contribution in [-0.2, 0) is 16.0 Å². The summed E-state index contributed by atoms with van der Waals surface area (Å²) in [6, 6.07) is 9.35. The largest absolute Gasteiger partial charge is 0.493 e. The van der Waals surface area contributed by atoms with E-state index in [-0.39, 0.29) is 30.3 Å². The second-order valence-electron chi connectivity index (χ2n) is 8.27. The van der Waals surface area contributed by atoms with Crippen molar-refractivity contribution in [3.05, 3.63) is 58.8 Å². The van der Waals surface area contributed by atoms with Gasteiger partial charge in [0.15, 0.2) is 11.5 Å². The van der Waals surface area contributed by atoms with Crippen LogP contribution in [0, 0.1) is 5.92 Å². The molecule has 1 aliphatic rings. The van der Waals surface area contributed by atoms with E-state index in [1.807, 2.05) is 43.0 Å². The van der Waals surface area contributed by atoms with Crippen molar-refractivity contribution >= 4 is 23.2 Å². The summed E-state index contributed by atoms with van der Waals surface area (Å²) in [5.41, 5.74) is 1.12. The predicted octanol–water partition coefficient (Wildman–Crippen LogP) is 4.32. The summed E-state index contributed by atoms with van der Waals surface area (Å²) in [5, 5.41) is 2.06. The van der Waals surface area contributed by atoms with Gasteiger partial charge in [0, 0.05) is 24.4 Å². The van der Waals surface area contributed by atoms with Crippen molar-refractivity contribution in [2.24, 2.45) is 5.92 Å². The van der Waals surface area contributed by atoms with Crippen molar-refractivity contribution in [3.63, 3.8) is 0 Å². The lowest BCUT2D eigenvalue weighted by Gasteiger charge is -2.37. The molecule has 7 heteroatoms. The molecule has 2 amide bonds. The van der Waals surface area contributed by atoms with Gasteiger partial charge < -0.3 is 19.3 Å². The molecule has 1 unspecified atom stereocenters. The molecular weight excluding hydrogens is 424 g/mol. The molecule has 1 atom stereocenters. The molecule has 0 saturated heterocycles. The average molecular weight is 457 g/mol. The summed E-state index contributed by atoms with van der Waals surface area (Å²) in [6.07, 6.45) is 2.89. The van der Waals surface area contributed by atoms with Gasteiger partial charge in [-0.2, -0.15) is 0 Å². The number of ether oxygens (including phenoxy) is 2. The Morgan fingerprint density at radius 1 is 1.28 bits per heavy atom. The highest BCUT2D eigenvalue weighted by atomic mass is 32.1. The highest BCUT2D eigenvalue weighted by molar-refractivity contribution is 7.10. The number of thiophene rings is 1. The molecule has 2 aromatic rings. The molecule has 0 spiro atoms. The smallest absolute Gasteiger partial charge is 0.242 e. The SMILES string of the molecule is C=CCN(CC(=O)N1CCc2sccc2C1COc1ccccc1OC)C(=O)CC(C)C. The number of benzene rings is 1. The first kappa shape index (κ1) is 23.9. The fourth-order valence-electron chi connectivity index (χ4n) is 3.92. The number of carbonyl (C=O) groups excluding carboxylic acids is 2. The number of para-hydroxylation sites is 2. The topological polar surface area (TPSA) is 59.1 Å². The van der Waals surface area contributed by atoms with Crippen LogP contribution < -0.4 is 9.47 Å². The Morgan fingerprint density at radius 3 is 2.72 bits per heavy atom. The Kier molecular flexibility index (Phi) is 8.33. The maximum Gasteiger partial charge on any atom is 0.242 e. The first-order valence-corrected chi connectivity index (χ1v) is 11.8. The second kappa shape index (κ2) is 11.2. The Bertz CT molecular complexity index is 940. The summed E-state index contributed by atoms with van der Waals surface area (Å²) >= 11 is 1.71. The van der Waals surface area contributed by atoms with Gasteiger partial charge in [-0.15, -0.1) is 17.9 Å². The quantitative estimate of drug-likeness (QED) is 0.500. The van der Waals surface area contributed by atoms with E-state index in [9.17, 15) is 9.59 Å². The minimum absolute atomic E-state index is 0.0247. The van der Waals surface area contributed by atoms with Crippen LogP contribution in [0.2, 0.25) is 0 Å². The maximum atomic E-state index is 13.4. The van der Waals surface area contributed by atoms with E-state index in [0.29, 0.717) is 37.6 Å². The molecule has 0 bridgehead atoms.